The fraction of sp³-hybridized carbons (Fsp3) is 0.440. The van der Waals surface area contributed by atoms with E-state index in [1.165, 1.54) is 16.7 Å². The highest BCUT2D eigenvalue weighted by atomic mass is 16.5. The molecule has 6 nitrogen and oxygen atoms in total. The molecular weight excluding hydrogens is 390 g/mol. The lowest BCUT2D eigenvalue weighted by Gasteiger charge is -2.51. The molecule has 0 aliphatic carbocycles. The topological polar surface area (TPSA) is 54.4 Å². The van der Waals surface area contributed by atoms with Crippen LogP contribution in [0.5, 0.6) is 11.5 Å². The first-order valence-electron chi connectivity index (χ1n) is 11.0. The molecule has 3 heterocycles. The summed E-state index contributed by atoms with van der Waals surface area (Å²) in [5.41, 5.74) is 5.35. The van der Waals surface area contributed by atoms with Crippen LogP contribution in [-0.4, -0.2) is 47.5 Å². The van der Waals surface area contributed by atoms with Gasteiger partial charge in [-0.3, -0.25) is 4.79 Å². The maximum Gasteiger partial charge on any atom is 0.219 e. The van der Waals surface area contributed by atoms with Gasteiger partial charge in [0.25, 0.3) is 0 Å². The SMILES string of the molecule is COc1cccc2c1OC1(CCN(C(C)=O)CC1)N1N=C(c3ccc(C)c(C)c3)CC21. The van der Waals surface area contributed by atoms with Crippen LogP contribution >= 0.6 is 0 Å². The quantitative estimate of drug-likeness (QED) is 0.732. The third kappa shape index (κ3) is 3.16. The fourth-order valence-corrected chi connectivity index (χ4v) is 5.03. The van der Waals surface area contributed by atoms with E-state index in [9.17, 15) is 4.79 Å². The van der Waals surface area contributed by atoms with Crippen molar-refractivity contribution in [3.8, 4) is 11.5 Å². The number of carbonyl (C=O) groups excluding carboxylic acids is 1. The summed E-state index contributed by atoms with van der Waals surface area (Å²) in [4.78, 5) is 13.8. The fourth-order valence-electron chi connectivity index (χ4n) is 5.03. The lowest BCUT2D eigenvalue weighted by molar-refractivity contribution is -0.159. The van der Waals surface area contributed by atoms with Gasteiger partial charge in [-0.05, 0) is 42.7 Å². The molecule has 6 heteroatoms. The first kappa shape index (κ1) is 19.9. The number of aryl methyl sites for hydroxylation is 2. The van der Waals surface area contributed by atoms with Crippen molar-refractivity contribution in [1.29, 1.82) is 0 Å². The molecule has 0 N–H and O–H groups in total. The first-order chi connectivity index (χ1) is 14.9. The number of hydrogen-bond donors (Lipinski definition) is 0. The molecule has 1 fully saturated rings. The Kier molecular flexibility index (Phi) is 4.68. The molecule has 3 aliphatic rings. The predicted molar refractivity (Wildman–Crippen MR) is 119 cm³/mol. The minimum Gasteiger partial charge on any atom is -0.493 e. The summed E-state index contributed by atoms with van der Waals surface area (Å²) in [7, 11) is 1.68. The van der Waals surface area contributed by atoms with Crippen molar-refractivity contribution >= 4 is 11.6 Å². The van der Waals surface area contributed by atoms with Crippen molar-refractivity contribution in [3.05, 3.63) is 58.7 Å². The summed E-state index contributed by atoms with van der Waals surface area (Å²) in [5.74, 6) is 1.69. The summed E-state index contributed by atoms with van der Waals surface area (Å²) in [6.45, 7) is 7.23. The average Bonchev–Trinajstić information content (AvgIpc) is 3.23. The van der Waals surface area contributed by atoms with Gasteiger partial charge in [0.15, 0.2) is 11.5 Å². The number of hydrazone groups is 1. The Morgan fingerprint density at radius 1 is 1.16 bits per heavy atom. The Bertz CT molecular complexity index is 1070. The summed E-state index contributed by atoms with van der Waals surface area (Å²) in [6, 6.07) is 12.7. The van der Waals surface area contributed by atoms with E-state index in [-0.39, 0.29) is 11.9 Å². The van der Waals surface area contributed by atoms with Crippen molar-refractivity contribution < 1.29 is 14.3 Å². The van der Waals surface area contributed by atoms with Crippen molar-refractivity contribution in [2.45, 2.75) is 51.8 Å². The standard InChI is InChI=1S/C25H29N3O3/c1-16-8-9-19(14-17(16)2)21-15-22-20-6-5-7-23(30-4)24(20)31-25(28(22)26-21)10-12-27(13-11-25)18(3)29/h5-9,14,22H,10-13,15H2,1-4H3. The van der Waals surface area contributed by atoms with Gasteiger partial charge in [0, 0.05) is 44.8 Å². The largest absolute Gasteiger partial charge is 0.493 e. The van der Waals surface area contributed by atoms with Crippen molar-refractivity contribution in [2.75, 3.05) is 20.2 Å². The maximum atomic E-state index is 11.9. The Hall–Kier alpha value is -3.02. The molecule has 2 aromatic carbocycles. The molecule has 0 bridgehead atoms. The zero-order chi connectivity index (χ0) is 21.8. The van der Waals surface area contributed by atoms with Crippen LogP contribution in [0, 0.1) is 13.8 Å². The number of rotatable bonds is 2. The number of benzene rings is 2. The van der Waals surface area contributed by atoms with E-state index in [2.05, 4.69) is 43.1 Å². The molecule has 1 spiro atoms. The van der Waals surface area contributed by atoms with E-state index < -0.39 is 5.72 Å². The second-order valence-corrected chi connectivity index (χ2v) is 8.84. The number of likely N-dealkylation sites (tertiary alicyclic amines) is 1. The van der Waals surface area contributed by atoms with Gasteiger partial charge in [-0.25, -0.2) is 5.01 Å². The first-order valence-corrected chi connectivity index (χ1v) is 11.0. The number of para-hydroxylation sites is 1. The minimum absolute atomic E-state index is 0.0966. The summed E-state index contributed by atoms with van der Waals surface area (Å²) >= 11 is 0. The van der Waals surface area contributed by atoms with Crippen LogP contribution in [0.4, 0.5) is 0 Å². The zero-order valence-electron chi connectivity index (χ0n) is 18.6. The molecule has 1 amide bonds. The van der Waals surface area contributed by atoms with Gasteiger partial charge in [0.2, 0.25) is 11.6 Å². The molecule has 1 unspecified atom stereocenters. The molecule has 1 saturated heterocycles. The molecule has 0 saturated carbocycles. The second-order valence-electron chi connectivity index (χ2n) is 8.84. The average molecular weight is 420 g/mol. The summed E-state index contributed by atoms with van der Waals surface area (Å²) in [6.07, 6.45) is 2.25. The highest BCUT2D eigenvalue weighted by Gasteiger charge is 2.52. The van der Waals surface area contributed by atoms with Crippen LogP contribution in [0.15, 0.2) is 41.5 Å². The second kappa shape index (κ2) is 7.29. The monoisotopic (exact) mass is 419 g/mol. The molecule has 1 atom stereocenters. The van der Waals surface area contributed by atoms with E-state index in [1.54, 1.807) is 14.0 Å². The number of fused-ring (bicyclic) bond motifs is 4. The normalized spacial score (nSPS) is 21.3. The van der Waals surface area contributed by atoms with E-state index >= 15 is 0 Å². The zero-order valence-corrected chi connectivity index (χ0v) is 18.6. The minimum atomic E-state index is -0.570. The summed E-state index contributed by atoms with van der Waals surface area (Å²) in [5, 5.41) is 7.31. The molecule has 0 radical (unpaired) electrons. The van der Waals surface area contributed by atoms with E-state index in [1.807, 2.05) is 17.0 Å². The predicted octanol–water partition coefficient (Wildman–Crippen LogP) is 4.19. The van der Waals surface area contributed by atoms with Gasteiger partial charge in [-0.15, -0.1) is 0 Å². The van der Waals surface area contributed by atoms with E-state index in [0.717, 1.165) is 29.2 Å². The Labute approximate surface area is 183 Å². The van der Waals surface area contributed by atoms with Gasteiger partial charge in [-0.1, -0.05) is 24.3 Å². The van der Waals surface area contributed by atoms with Gasteiger partial charge >= 0.3 is 0 Å². The van der Waals surface area contributed by atoms with Crippen LogP contribution in [0.1, 0.15) is 54.5 Å². The number of amides is 1. The van der Waals surface area contributed by atoms with Crippen molar-refractivity contribution in [3.63, 3.8) is 0 Å². The molecular formula is C25H29N3O3. The Balaban J connectivity index is 1.58. The smallest absolute Gasteiger partial charge is 0.219 e. The molecule has 3 aliphatic heterocycles. The number of methoxy groups -OCH3 is 1. The molecule has 2 aromatic rings. The van der Waals surface area contributed by atoms with Gasteiger partial charge in [-0.2, -0.15) is 5.10 Å². The van der Waals surface area contributed by atoms with Gasteiger partial charge < -0.3 is 14.4 Å². The number of piperidine rings is 1. The number of ether oxygens (including phenoxy) is 2. The molecule has 31 heavy (non-hydrogen) atoms. The number of carbonyl (C=O) groups is 1. The lowest BCUT2D eigenvalue weighted by Crippen LogP contribution is -2.59. The maximum absolute atomic E-state index is 11.9. The van der Waals surface area contributed by atoms with E-state index in [0.29, 0.717) is 25.9 Å². The number of nitrogens with zero attached hydrogens (tertiary/aromatic N) is 3. The number of hydrogen-bond acceptors (Lipinski definition) is 5. The van der Waals surface area contributed by atoms with Crippen LogP contribution in [0.3, 0.4) is 0 Å². The van der Waals surface area contributed by atoms with Crippen LogP contribution in [-0.2, 0) is 4.79 Å². The van der Waals surface area contributed by atoms with Crippen LogP contribution in [0.2, 0.25) is 0 Å². The van der Waals surface area contributed by atoms with Crippen molar-refractivity contribution in [2.24, 2.45) is 5.10 Å². The Morgan fingerprint density at radius 2 is 1.94 bits per heavy atom. The van der Waals surface area contributed by atoms with Crippen LogP contribution < -0.4 is 9.47 Å². The third-order valence-electron chi connectivity index (χ3n) is 7.04. The molecule has 162 valence electrons. The van der Waals surface area contributed by atoms with Gasteiger partial charge in [0.1, 0.15) is 0 Å². The van der Waals surface area contributed by atoms with Gasteiger partial charge in [0.05, 0.1) is 18.9 Å². The summed E-state index contributed by atoms with van der Waals surface area (Å²) < 4.78 is 12.4. The highest BCUT2D eigenvalue weighted by molar-refractivity contribution is 6.02. The third-order valence-corrected chi connectivity index (χ3v) is 7.04. The highest BCUT2D eigenvalue weighted by Crippen LogP contribution is 2.52. The lowest BCUT2D eigenvalue weighted by atomic mass is 9.90. The molecule has 5 rings (SSSR count). The Morgan fingerprint density at radius 3 is 2.61 bits per heavy atom. The van der Waals surface area contributed by atoms with Crippen LogP contribution in [0.25, 0.3) is 0 Å². The molecule has 0 aromatic heterocycles. The van der Waals surface area contributed by atoms with E-state index in [4.69, 9.17) is 14.6 Å². The van der Waals surface area contributed by atoms with Crippen molar-refractivity contribution in [1.82, 2.24) is 9.91 Å².